The highest BCUT2D eigenvalue weighted by Gasteiger charge is 2.49. The third-order valence-electron chi connectivity index (χ3n) is 10.7. The third-order valence-corrected chi connectivity index (χ3v) is 13.9. The highest BCUT2D eigenvalue weighted by atomic mass is 35.5. The lowest BCUT2D eigenvalue weighted by atomic mass is 9.93. The Morgan fingerprint density at radius 1 is 1.00 bits per heavy atom. The van der Waals surface area contributed by atoms with Gasteiger partial charge in [-0.3, -0.25) is 9.48 Å². The average Bonchev–Trinajstić information content (AvgIpc) is 3.86. The number of fused-ring (bicyclic) bond motifs is 2. The van der Waals surface area contributed by atoms with E-state index in [1.54, 1.807) is 0 Å². The second kappa shape index (κ2) is 18.8. The number of sulfone groups is 1. The van der Waals surface area contributed by atoms with Gasteiger partial charge in [0.2, 0.25) is 15.9 Å². The summed E-state index contributed by atoms with van der Waals surface area (Å²) in [6, 6.07) is 4.79. The Morgan fingerprint density at radius 2 is 1.64 bits per heavy atom. The quantitative estimate of drug-likeness (QED) is 0.0879. The molecule has 69 heavy (non-hydrogen) atoms. The zero-order valence-electron chi connectivity index (χ0n) is 36.3. The molecule has 27 heteroatoms. The molecule has 1 aliphatic carbocycles. The standard InChI is InChI=1S/C42H38ClF10N7O7S2/c1-39(2,68(3,63)64)11-9-25-5-6-26(27-7-8-30(43)33-35(27)59(21-41(48,49)50)57-37(33)60(69(4,65)66)38(62)67-14-13-54)34(55-25)31(17-22-15-23(44)18-24(45)16-22)56-32(61)20-58-19-29(42(51,52)53)28-10-12-40(46,47)36(28)58/h5-8,15-16,18-19,31H,10,12-14,17,20-21,54H2,1-4H3,(H,56,61)/t31-/m0/s1. The molecular weight excluding hydrogens is 1000 g/mol. The van der Waals surface area contributed by atoms with Gasteiger partial charge in [-0.15, -0.1) is 0 Å². The minimum absolute atomic E-state index is 0.0673. The number of ether oxygens (including phenoxy) is 1. The summed E-state index contributed by atoms with van der Waals surface area (Å²) in [4.78, 5) is 31.8. The number of rotatable bonds is 13. The lowest BCUT2D eigenvalue weighted by Crippen LogP contribution is -2.38. The number of benzene rings is 2. The largest absolute Gasteiger partial charge is 0.447 e. The van der Waals surface area contributed by atoms with Crippen LogP contribution in [0.3, 0.4) is 0 Å². The summed E-state index contributed by atoms with van der Waals surface area (Å²) in [6.07, 6.45) is -12.6. The summed E-state index contributed by atoms with van der Waals surface area (Å²) in [5.74, 6) is -3.28. The van der Waals surface area contributed by atoms with Crippen LogP contribution in [-0.4, -0.2) is 84.8 Å². The smallest absolute Gasteiger partial charge is 0.429 e. The normalized spacial score (nSPS) is 14.6. The molecule has 3 aromatic heterocycles. The van der Waals surface area contributed by atoms with E-state index in [2.05, 4.69) is 27.2 Å². The van der Waals surface area contributed by atoms with E-state index >= 15 is 8.78 Å². The molecule has 0 radical (unpaired) electrons. The van der Waals surface area contributed by atoms with E-state index in [-0.39, 0.29) is 37.9 Å². The van der Waals surface area contributed by atoms with Crippen LogP contribution < -0.4 is 15.4 Å². The van der Waals surface area contributed by atoms with E-state index in [1.807, 2.05) is 0 Å². The van der Waals surface area contributed by atoms with Crippen molar-refractivity contribution < 1.29 is 75.1 Å². The van der Waals surface area contributed by atoms with Gasteiger partial charge < -0.3 is 20.4 Å². The molecule has 0 spiro atoms. The molecule has 0 bridgehead atoms. The molecule has 0 unspecified atom stereocenters. The van der Waals surface area contributed by atoms with E-state index in [4.69, 9.17) is 22.1 Å². The first-order valence-electron chi connectivity index (χ1n) is 20.0. The predicted molar refractivity (Wildman–Crippen MR) is 230 cm³/mol. The van der Waals surface area contributed by atoms with Crippen molar-refractivity contribution in [1.82, 2.24) is 24.6 Å². The fraction of sp³-hybridized carbons (Fsp3) is 0.381. The molecule has 3 heterocycles. The molecule has 2 aromatic carbocycles. The van der Waals surface area contributed by atoms with Crippen molar-refractivity contribution in [2.45, 2.75) is 75.3 Å². The van der Waals surface area contributed by atoms with Crippen LogP contribution in [0.15, 0.2) is 48.7 Å². The van der Waals surface area contributed by atoms with Crippen LogP contribution in [-0.2, 0) is 67.4 Å². The number of nitrogens with two attached hydrogens (primary N) is 1. The highest BCUT2D eigenvalue weighted by Crippen LogP contribution is 2.48. The molecule has 372 valence electrons. The molecular formula is C42H38ClF10N7O7S2. The van der Waals surface area contributed by atoms with Gasteiger partial charge in [-0.1, -0.05) is 23.6 Å². The van der Waals surface area contributed by atoms with E-state index in [9.17, 15) is 61.5 Å². The molecule has 0 aliphatic heterocycles. The summed E-state index contributed by atoms with van der Waals surface area (Å²) in [5, 5.41) is 5.21. The first kappa shape index (κ1) is 52.5. The Morgan fingerprint density at radius 3 is 2.22 bits per heavy atom. The number of carbonyl (C=O) groups excluding carboxylic acids is 2. The summed E-state index contributed by atoms with van der Waals surface area (Å²) in [7, 11) is -8.70. The lowest BCUT2D eigenvalue weighted by Gasteiger charge is -2.23. The minimum atomic E-state index is -5.13. The fourth-order valence-electron chi connectivity index (χ4n) is 7.46. The SMILES string of the molecule is CC(C)(C#Cc1ccc(-c2ccc(Cl)c3c(N(C(=O)OCCN)S(C)(=O)=O)nn(CC(F)(F)F)c23)c([C@H](Cc2cc(F)cc(F)c2)NC(=O)Cn2cc(C(F)(F)F)c3c2C(F)(F)CC3)n1)S(C)(=O)=O. The van der Waals surface area contributed by atoms with Gasteiger partial charge in [0.15, 0.2) is 15.7 Å². The van der Waals surface area contributed by atoms with Crippen molar-refractivity contribution in [1.29, 1.82) is 0 Å². The number of pyridine rings is 1. The van der Waals surface area contributed by atoms with Gasteiger partial charge in [-0.25, -0.2) is 35.4 Å². The summed E-state index contributed by atoms with van der Waals surface area (Å²) >= 11 is 6.57. The number of hydrogen-bond acceptors (Lipinski definition) is 10. The molecule has 0 saturated carbocycles. The molecule has 6 rings (SSSR count). The number of carbonyl (C=O) groups is 2. The van der Waals surface area contributed by atoms with Gasteiger partial charge in [-0.05, 0) is 74.1 Å². The van der Waals surface area contributed by atoms with Crippen molar-refractivity contribution in [2.75, 3.05) is 30.0 Å². The number of hydrogen-bond donors (Lipinski definition) is 2. The molecule has 0 saturated heterocycles. The van der Waals surface area contributed by atoms with Crippen molar-refractivity contribution in [2.24, 2.45) is 5.73 Å². The van der Waals surface area contributed by atoms with Gasteiger partial charge in [0.1, 0.15) is 41.8 Å². The molecule has 2 amide bonds. The molecule has 5 aromatic rings. The Bertz CT molecular complexity index is 3140. The van der Waals surface area contributed by atoms with Gasteiger partial charge in [0.25, 0.3) is 5.92 Å². The number of nitrogens with zero attached hydrogens (tertiary/aromatic N) is 5. The maximum Gasteiger partial charge on any atom is 0.429 e. The first-order chi connectivity index (χ1) is 31.7. The van der Waals surface area contributed by atoms with Crippen LogP contribution in [0.5, 0.6) is 0 Å². The lowest BCUT2D eigenvalue weighted by molar-refractivity contribution is -0.142. The number of nitrogens with one attached hydrogen (secondary N) is 1. The fourth-order valence-corrected chi connectivity index (χ4v) is 8.70. The Hall–Kier alpha value is -5.91. The number of aromatic nitrogens is 4. The van der Waals surface area contributed by atoms with Gasteiger partial charge in [0, 0.05) is 42.6 Å². The van der Waals surface area contributed by atoms with Gasteiger partial charge in [0.05, 0.1) is 45.2 Å². The Labute approximate surface area is 391 Å². The summed E-state index contributed by atoms with van der Waals surface area (Å²) < 4.78 is 200. The average molecular weight is 1040 g/mol. The van der Waals surface area contributed by atoms with Crippen LogP contribution in [0.1, 0.15) is 60.1 Å². The van der Waals surface area contributed by atoms with Crippen LogP contribution in [0.4, 0.5) is 54.5 Å². The summed E-state index contributed by atoms with van der Waals surface area (Å²) in [5.41, 5.74) is -0.154. The van der Waals surface area contributed by atoms with E-state index in [0.717, 1.165) is 42.7 Å². The number of sulfonamides is 1. The predicted octanol–water partition coefficient (Wildman–Crippen LogP) is 7.59. The summed E-state index contributed by atoms with van der Waals surface area (Å²) in [6.45, 7) is -1.58. The molecule has 14 nitrogen and oxygen atoms in total. The maximum absolute atomic E-state index is 15.2. The minimum Gasteiger partial charge on any atom is -0.447 e. The van der Waals surface area contributed by atoms with Crippen LogP contribution >= 0.6 is 11.6 Å². The Balaban J connectivity index is 1.66. The van der Waals surface area contributed by atoms with Crippen LogP contribution in [0.25, 0.3) is 22.0 Å². The zero-order chi connectivity index (χ0) is 51.4. The molecule has 0 fully saturated rings. The van der Waals surface area contributed by atoms with Crippen LogP contribution in [0, 0.1) is 23.5 Å². The first-order valence-corrected chi connectivity index (χ1v) is 24.1. The van der Waals surface area contributed by atoms with E-state index < -0.39 is 156 Å². The van der Waals surface area contributed by atoms with Crippen molar-refractivity contribution in [3.8, 4) is 23.0 Å². The molecule has 1 aliphatic rings. The number of anilines is 1. The van der Waals surface area contributed by atoms with Crippen molar-refractivity contribution in [3.63, 3.8) is 0 Å². The van der Waals surface area contributed by atoms with Crippen LogP contribution in [0.2, 0.25) is 5.02 Å². The molecule has 3 N–H and O–H groups in total. The van der Waals surface area contributed by atoms with Crippen molar-refractivity contribution in [3.05, 3.63) is 99.1 Å². The van der Waals surface area contributed by atoms with E-state index in [1.165, 1.54) is 13.8 Å². The number of alkyl halides is 8. The maximum atomic E-state index is 15.2. The zero-order valence-corrected chi connectivity index (χ0v) is 38.7. The van der Waals surface area contributed by atoms with Gasteiger partial charge in [-0.2, -0.15) is 44.5 Å². The number of amides is 2. The second-order valence-corrected chi connectivity index (χ2v) is 21.1. The highest BCUT2D eigenvalue weighted by molar-refractivity contribution is 7.93. The molecule has 1 atom stereocenters. The van der Waals surface area contributed by atoms with Gasteiger partial charge >= 0.3 is 18.4 Å². The number of halogens is 11. The Kier molecular flexibility index (Phi) is 14.3. The topological polar surface area (TPSA) is 189 Å². The monoisotopic (exact) mass is 1040 g/mol. The second-order valence-electron chi connectivity index (χ2n) is 16.3. The van der Waals surface area contributed by atoms with E-state index in [0.29, 0.717) is 23.1 Å². The third kappa shape index (κ3) is 11.4. The van der Waals surface area contributed by atoms with Crippen molar-refractivity contribution >= 4 is 60.2 Å².